The number of hydrogen-bond donors (Lipinski definition) is 0. The first kappa shape index (κ1) is 12.5. The van der Waals surface area contributed by atoms with E-state index in [4.69, 9.17) is 0 Å². The molecule has 1 fully saturated rings. The van der Waals surface area contributed by atoms with Gasteiger partial charge in [-0.3, -0.25) is 14.9 Å². The van der Waals surface area contributed by atoms with E-state index in [0.29, 0.717) is 11.5 Å². The fraction of sp³-hybridized carbons (Fsp3) is 0.462. The highest BCUT2D eigenvalue weighted by Gasteiger charge is 2.22. The van der Waals surface area contributed by atoms with E-state index in [1.165, 1.54) is 24.3 Å². The Hall–Kier alpha value is -1.91. The lowest BCUT2D eigenvalue weighted by Gasteiger charge is -2.30. The van der Waals surface area contributed by atoms with Crippen LogP contribution in [0.2, 0.25) is 0 Å². The van der Waals surface area contributed by atoms with Gasteiger partial charge in [-0.2, -0.15) is 0 Å². The van der Waals surface area contributed by atoms with Gasteiger partial charge >= 0.3 is 0 Å². The molecule has 1 saturated heterocycles. The molecule has 0 saturated carbocycles. The molecule has 1 aromatic rings. The number of nitro groups is 1. The second-order valence-corrected chi connectivity index (χ2v) is 4.80. The fourth-order valence-corrected chi connectivity index (χ4v) is 2.28. The third-order valence-electron chi connectivity index (χ3n) is 3.27. The molecule has 18 heavy (non-hydrogen) atoms. The number of rotatable bonds is 2. The average Bonchev–Trinajstić information content (AvgIpc) is 2.38. The molecule has 1 aliphatic heterocycles. The summed E-state index contributed by atoms with van der Waals surface area (Å²) in [5.41, 5.74) is 0.535. The summed E-state index contributed by atoms with van der Waals surface area (Å²) in [7, 11) is 0. The highest BCUT2D eigenvalue weighted by atomic mass is 16.6. The second kappa shape index (κ2) is 5.16. The molecule has 1 amide bonds. The van der Waals surface area contributed by atoms with Crippen molar-refractivity contribution >= 4 is 11.6 Å². The van der Waals surface area contributed by atoms with Gasteiger partial charge in [-0.25, -0.2) is 0 Å². The van der Waals surface area contributed by atoms with Crippen molar-refractivity contribution in [1.82, 2.24) is 4.90 Å². The minimum Gasteiger partial charge on any atom is -0.338 e. The Labute approximate surface area is 106 Å². The second-order valence-electron chi connectivity index (χ2n) is 4.80. The zero-order valence-electron chi connectivity index (χ0n) is 10.3. The van der Waals surface area contributed by atoms with Gasteiger partial charge in [-0.15, -0.1) is 0 Å². The molecule has 0 aromatic heterocycles. The number of likely N-dealkylation sites (tertiary alicyclic amines) is 1. The van der Waals surface area contributed by atoms with Crippen LogP contribution in [0.25, 0.3) is 0 Å². The summed E-state index contributed by atoms with van der Waals surface area (Å²) in [4.78, 5) is 24.1. The summed E-state index contributed by atoms with van der Waals surface area (Å²) in [5.74, 6) is 0.497. The van der Waals surface area contributed by atoms with Crippen LogP contribution in [-0.4, -0.2) is 28.8 Å². The number of benzene rings is 1. The lowest BCUT2D eigenvalue weighted by molar-refractivity contribution is -0.384. The number of nitro benzene ring substituents is 1. The molecule has 0 unspecified atom stereocenters. The van der Waals surface area contributed by atoms with Crippen LogP contribution in [-0.2, 0) is 0 Å². The molecule has 0 N–H and O–H groups in total. The van der Waals surface area contributed by atoms with Gasteiger partial charge in [-0.05, 0) is 30.9 Å². The van der Waals surface area contributed by atoms with Crippen molar-refractivity contribution in [2.75, 3.05) is 13.1 Å². The molecule has 5 heteroatoms. The van der Waals surface area contributed by atoms with Crippen LogP contribution in [0.15, 0.2) is 24.3 Å². The quantitative estimate of drug-likeness (QED) is 0.596. The monoisotopic (exact) mass is 248 g/mol. The van der Waals surface area contributed by atoms with Crippen LogP contribution in [0.5, 0.6) is 0 Å². The van der Waals surface area contributed by atoms with Crippen LogP contribution >= 0.6 is 0 Å². The van der Waals surface area contributed by atoms with Gasteiger partial charge in [-0.1, -0.05) is 6.92 Å². The first-order chi connectivity index (χ1) is 8.58. The fourth-order valence-electron chi connectivity index (χ4n) is 2.28. The van der Waals surface area contributed by atoms with Crippen molar-refractivity contribution in [3.63, 3.8) is 0 Å². The third-order valence-corrected chi connectivity index (χ3v) is 3.27. The van der Waals surface area contributed by atoms with Gasteiger partial charge < -0.3 is 4.90 Å². The topological polar surface area (TPSA) is 63.5 Å². The van der Waals surface area contributed by atoms with E-state index in [0.717, 1.165) is 25.9 Å². The number of amides is 1. The van der Waals surface area contributed by atoms with Gasteiger partial charge in [0.25, 0.3) is 11.6 Å². The lowest BCUT2D eigenvalue weighted by atomic mass is 9.99. The maximum Gasteiger partial charge on any atom is 0.269 e. The van der Waals surface area contributed by atoms with E-state index in [9.17, 15) is 14.9 Å². The first-order valence-corrected chi connectivity index (χ1v) is 6.11. The molecular weight excluding hydrogens is 232 g/mol. The minimum atomic E-state index is -0.461. The number of non-ortho nitro benzene ring substituents is 1. The van der Waals surface area contributed by atoms with E-state index >= 15 is 0 Å². The predicted octanol–water partition coefficient (Wildman–Crippen LogP) is 2.47. The van der Waals surface area contributed by atoms with Crippen molar-refractivity contribution in [3.8, 4) is 0 Å². The van der Waals surface area contributed by atoms with Crippen LogP contribution in [0.1, 0.15) is 30.1 Å². The van der Waals surface area contributed by atoms with Gasteiger partial charge in [0.15, 0.2) is 0 Å². The smallest absolute Gasteiger partial charge is 0.269 e. The van der Waals surface area contributed by atoms with Crippen molar-refractivity contribution in [3.05, 3.63) is 39.9 Å². The summed E-state index contributed by atoms with van der Waals surface area (Å²) in [6.07, 6.45) is 2.18. The molecule has 0 radical (unpaired) electrons. The predicted molar refractivity (Wildman–Crippen MR) is 67.4 cm³/mol. The lowest BCUT2D eigenvalue weighted by Crippen LogP contribution is -2.39. The van der Waals surface area contributed by atoms with E-state index in [-0.39, 0.29) is 11.6 Å². The summed E-state index contributed by atoms with van der Waals surface area (Å²) in [6.45, 7) is 3.69. The molecule has 1 aromatic carbocycles. The van der Waals surface area contributed by atoms with E-state index in [1.807, 2.05) is 4.90 Å². The molecular formula is C13H16N2O3. The van der Waals surface area contributed by atoms with E-state index in [2.05, 4.69) is 6.92 Å². The van der Waals surface area contributed by atoms with E-state index < -0.39 is 4.92 Å². The molecule has 1 atom stereocenters. The molecule has 0 spiro atoms. The number of carbonyl (C=O) groups is 1. The average molecular weight is 248 g/mol. The Morgan fingerprint density at radius 2 is 2.06 bits per heavy atom. The van der Waals surface area contributed by atoms with Gasteiger partial charge in [0.1, 0.15) is 0 Å². The van der Waals surface area contributed by atoms with Crippen LogP contribution in [0.4, 0.5) is 5.69 Å². The zero-order valence-corrected chi connectivity index (χ0v) is 10.3. The minimum absolute atomic E-state index is 0.0126. The highest BCUT2D eigenvalue weighted by Crippen LogP contribution is 2.19. The van der Waals surface area contributed by atoms with Crippen molar-refractivity contribution in [1.29, 1.82) is 0 Å². The van der Waals surface area contributed by atoms with Crippen molar-refractivity contribution in [2.24, 2.45) is 5.92 Å². The molecule has 2 rings (SSSR count). The largest absolute Gasteiger partial charge is 0.338 e. The van der Waals surface area contributed by atoms with Crippen molar-refractivity contribution < 1.29 is 9.72 Å². The van der Waals surface area contributed by atoms with Crippen LogP contribution in [0.3, 0.4) is 0 Å². The summed E-state index contributed by atoms with van der Waals surface area (Å²) in [5, 5.41) is 10.5. The van der Waals surface area contributed by atoms with E-state index in [1.54, 1.807) is 0 Å². The maximum atomic E-state index is 12.2. The molecule has 0 bridgehead atoms. The third kappa shape index (κ3) is 2.67. The zero-order chi connectivity index (χ0) is 13.1. The van der Waals surface area contributed by atoms with Gasteiger partial charge in [0.05, 0.1) is 4.92 Å². The van der Waals surface area contributed by atoms with Gasteiger partial charge in [0.2, 0.25) is 0 Å². The SMILES string of the molecule is C[C@H]1CCCN(C(=O)c2ccc([N+](=O)[O-])cc2)C1. The number of piperidine rings is 1. The Kier molecular flexibility index (Phi) is 3.60. The molecule has 1 aliphatic rings. The highest BCUT2D eigenvalue weighted by molar-refractivity contribution is 5.94. The Bertz CT molecular complexity index is 456. The number of carbonyl (C=O) groups excluding carboxylic acids is 1. The first-order valence-electron chi connectivity index (χ1n) is 6.11. The summed E-state index contributed by atoms with van der Waals surface area (Å²) in [6, 6.07) is 5.81. The number of nitrogens with zero attached hydrogens (tertiary/aromatic N) is 2. The van der Waals surface area contributed by atoms with Crippen LogP contribution in [0, 0.1) is 16.0 Å². The van der Waals surface area contributed by atoms with Crippen LogP contribution < -0.4 is 0 Å². The Morgan fingerprint density at radius 3 is 2.61 bits per heavy atom. The maximum absolute atomic E-state index is 12.2. The molecule has 96 valence electrons. The Balaban J connectivity index is 2.10. The summed E-state index contributed by atoms with van der Waals surface area (Å²) >= 11 is 0. The van der Waals surface area contributed by atoms with Gasteiger partial charge in [0, 0.05) is 30.8 Å². The molecule has 0 aliphatic carbocycles. The molecule has 5 nitrogen and oxygen atoms in total. The summed E-state index contributed by atoms with van der Waals surface area (Å²) < 4.78 is 0. The normalized spacial score (nSPS) is 19.6. The van der Waals surface area contributed by atoms with Crippen molar-refractivity contribution in [2.45, 2.75) is 19.8 Å². The molecule has 1 heterocycles. The standard InChI is InChI=1S/C13H16N2O3/c1-10-3-2-8-14(9-10)13(16)11-4-6-12(7-5-11)15(17)18/h4-7,10H,2-3,8-9H2,1H3/t10-/m0/s1. The Morgan fingerprint density at radius 1 is 1.39 bits per heavy atom. The number of hydrogen-bond acceptors (Lipinski definition) is 3.